The normalized spacial score (nSPS) is 11.6. The van der Waals surface area contributed by atoms with Gasteiger partial charge in [0.15, 0.2) is 5.12 Å². The zero-order valence-corrected chi connectivity index (χ0v) is 14.0. The van der Waals surface area contributed by atoms with Crippen molar-refractivity contribution in [3.05, 3.63) is 35.9 Å². The van der Waals surface area contributed by atoms with E-state index in [2.05, 4.69) is 0 Å². The van der Waals surface area contributed by atoms with Crippen LogP contribution in [0.1, 0.15) is 25.3 Å². The zero-order valence-electron chi connectivity index (χ0n) is 13.2. The van der Waals surface area contributed by atoms with Crippen LogP contribution in [0.4, 0.5) is 4.79 Å². The smallest absolute Gasteiger partial charge is 0.410 e. The van der Waals surface area contributed by atoms with E-state index in [1.54, 1.807) is 0 Å². The van der Waals surface area contributed by atoms with E-state index < -0.39 is 18.1 Å². The third-order valence-corrected chi connectivity index (χ3v) is 3.99. The molecule has 126 valence electrons. The number of amides is 1. The van der Waals surface area contributed by atoms with Crippen LogP contribution in [0.25, 0.3) is 0 Å². The molecule has 1 rings (SSSR count). The number of hydrogen-bond donors (Lipinski definition) is 1. The molecule has 0 fully saturated rings. The second-order valence-corrected chi connectivity index (χ2v) is 6.17. The lowest BCUT2D eigenvalue weighted by Gasteiger charge is -2.24. The van der Waals surface area contributed by atoms with Crippen molar-refractivity contribution in [1.29, 1.82) is 0 Å². The predicted molar refractivity (Wildman–Crippen MR) is 88.2 cm³/mol. The van der Waals surface area contributed by atoms with Crippen LogP contribution >= 0.6 is 11.8 Å². The predicted octanol–water partition coefficient (Wildman–Crippen LogP) is 2.77. The summed E-state index contributed by atoms with van der Waals surface area (Å²) in [6.07, 6.45) is -0.555. The maximum absolute atomic E-state index is 12.0. The Kier molecular flexibility index (Phi) is 8.18. The van der Waals surface area contributed by atoms with Crippen molar-refractivity contribution >= 4 is 28.9 Å². The van der Waals surface area contributed by atoms with Crippen molar-refractivity contribution in [2.24, 2.45) is 0 Å². The Bertz CT molecular complexity index is 535. The van der Waals surface area contributed by atoms with E-state index in [1.165, 1.54) is 7.05 Å². The maximum Gasteiger partial charge on any atom is 0.410 e. The molecule has 0 aliphatic carbocycles. The van der Waals surface area contributed by atoms with E-state index in [0.29, 0.717) is 5.75 Å². The minimum Gasteiger partial charge on any atom is -0.480 e. The van der Waals surface area contributed by atoms with Crippen LogP contribution in [0, 0.1) is 0 Å². The fourth-order valence-electron chi connectivity index (χ4n) is 1.92. The van der Waals surface area contributed by atoms with Crippen LogP contribution in [0.5, 0.6) is 0 Å². The molecule has 1 aromatic rings. The molecule has 1 aromatic carbocycles. The summed E-state index contributed by atoms with van der Waals surface area (Å²) < 4.78 is 5.11. The van der Waals surface area contributed by atoms with Gasteiger partial charge >= 0.3 is 12.1 Å². The molecule has 1 unspecified atom stereocenters. The minimum absolute atomic E-state index is 0.0676. The first-order chi connectivity index (χ1) is 11.0. The van der Waals surface area contributed by atoms with Gasteiger partial charge in [-0.1, -0.05) is 49.0 Å². The SMILES string of the molecule is CCSC(=O)CCC(C(=O)O)N(C)C(=O)OCc1ccccc1. The Morgan fingerprint density at radius 3 is 2.48 bits per heavy atom. The van der Waals surface area contributed by atoms with Crippen molar-refractivity contribution < 1.29 is 24.2 Å². The molecule has 1 N–H and O–H groups in total. The van der Waals surface area contributed by atoms with E-state index in [-0.39, 0.29) is 24.6 Å². The highest BCUT2D eigenvalue weighted by Gasteiger charge is 2.28. The number of carbonyl (C=O) groups excluding carboxylic acids is 2. The van der Waals surface area contributed by atoms with Gasteiger partial charge in [-0.05, 0) is 17.7 Å². The molecule has 1 amide bonds. The van der Waals surface area contributed by atoms with Crippen molar-refractivity contribution in [3.8, 4) is 0 Å². The number of carboxylic acids is 1. The largest absolute Gasteiger partial charge is 0.480 e. The van der Waals surface area contributed by atoms with Crippen molar-refractivity contribution in [3.63, 3.8) is 0 Å². The average molecular weight is 339 g/mol. The minimum atomic E-state index is -1.15. The first-order valence-electron chi connectivity index (χ1n) is 7.27. The molecule has 0 heterocycles. The van der Waals surface area contributed by atoms with Gasteiger partial charge in [0.2, 0.25) is 0 Å². The molecule has 0 spiro atoms. The van der Waals surface area contributed by atoms with Gasteiger partial charge in [0.1, 0.15) is 12.6 Å². The summed E-state index contributed by atoms with van der Waals surface area (Å²) >= 11 is 1.15. The van der Waals surface area contributed by atoms with E-state index in [4.69, 9.17) is 4.74 Å². The Labute approximate surface area is 139 Å². The average Bonchev–Trinajstić information content (AvgIpc) is 2.53. The first-order valence-corrected chi connectivity index (χ1v) is 8.26. The molecule has 0 aliphatic heterocycles. The Hall–Kier alpha value is -2.02. The van der Waals surface area contributed by atoms with Crippen LogP contribution in [0.3, 0.4) is 0 Å². The Morgan fingerprint density at radius 1 is 1.26 bits per heavy atom. The number of benzene rings is 1. The lowest BCUT2D eigenvalue weighted by atomic mass is 10.1. The summed E-state index contributed by atoms with van der Waals surface area (Å²) in [5.41, 5.74) is 0.815. The molecule has 0 aliphatic rings. The van der Waals surface area contributed by atoms with Gasteiger partial charge in [-0.15, -0.1) is 0 Å². The summed E-state index contributed by atoms with van der Waals surface area (Å²) in [6, 6.07) is 8.03. The highest BCUT2D eigenvalue weighted by Crippen LogP contribution is 2.13. The lowest BCUT2D eigenvalue weighted by molar-refractivity contribution is -0.142. The van der Waals surface area contributed by atoms with E-state index in [0.717, 1.165) is 22.2 Å². The van der Waals surface area contributed by atoms with Crippen LogP contribution in [-0.2, 0) is 20.9 Å². The maximum atomic E-state index is 12.0. The molecule has 0 aromatic heterocycles. The number of aliphatic carboxylic acids is 1. The monoisotopic (exact) mass is 339 g/mol. The van der Waals surface area contributed by atoms with Crippen LogP contribution in [0.15, 0.2) is 30.3 Å². The first kappa shape index (κ1) is 19.0. The zero-order chi connectivity index (χ0) is 17.2. The lowest BCUT2D eigenvalue weighted by Crippen LogP contribution is -2.42. The number of hydrogen-bond acceptors (Lipinski definition) is 5. The topological polar surface area (TPSA) is 83.9 Å². The molecular formula is C16H21NO5S. The van der Waals surface area contributed by atoms with Gasteiger partial charge in [-0.3, -0.25) is 9.69 Å². The van der Waals surface area contributed by atoms with Gasteiger partial charge in [0, 0.05) is 13.5 Å². The molecule has 23 heavy (non-hydrogen) atoms. The molecule has 7 heteroatoms. The number of carbonyl (C=O) groups is 3. The highest BCUT2D eigenvalue weighted by molar-refractivity contribution is 8.13. The second kappa shape index (κ2) is 9.89. The standard InChI is InChI=1S/C16H21NO5S/c1-3-23-14(18)10-9-13(15(19)20)17(2)16(21)22-11-12-7-5-4-6-8-12/h4-8,13H,3,9-11H2,1-2H3,(H,19,20). The quantitative estimate of drug-likeness (QED) is 0.784. The van der Waals surface area contributed by atoms with Gasteiger partial charge in [-0.25, -0.2) is 9.59 Å². The number of ether oxygens (including phenoxy) is 1. The number of nitrogens with zero attached hydrogens (tertiary/aromatic N) is 1. The summed E-state index contributed by atoms with van der Waals surface area (Å²) in [4.78, 5) is 35.8. The highest BCUT2D eigenvalue weighted by atomic mass is 32.2. The van der Waals surface area contributed by atoms with E-state index in [9.17, 15) is 19.5 Å². The molecule has 0 saturated heterocycles. The van der Waals surface area contributed by atoms with Gasteiger partial charge < -0.3 is 9.84 Å². The fourth-order valence-corrected chi connectivity index (χ4v) is 2.50. The fraction of sp³-hybridized carbons (Fsp3) is 0.438. The Balaban J connectivity index is 2.55. The second-order valence-electron chi connectivity index (χ2n) is 4.85. The van der Waals surface area contributed by atoms with Crippen molar-refractivity contribution in [2.75, 3.05) is 12.8 Å². The van der Waals surface area contributed by atoms with E-state index in [1.807, 2.05) is 37.3 Å². The number of likely N-dealkylation sites (N-methyl/N-ethyl adjacent to an activating group) is 1. The van der Waals surface area contributed by atoms with Crippen molar-refractivity contribution in [2.45, 2.75) is 32.4 Å². The molecule has 0 radical (unpaired) electrons. The van der Waals surface area contributed by atoms with Crippen LogP contribution in [0.2, 0.25) is 0 Å². The molecule has 6 nitrogen and oxygen atoms in total. The number of thioether (sulfide) groups is 1. The summed E-state index contributed by atoms with van der Waals surface area (Å²) in [7, 11) is 1.36. The van der Waals surface area contributed by atoms with Gasteiger partial charge in [0.05, 0.1) is 0 Å². The summed E-state index contributed by atoms with van der Waals surface area (Å²) in [5, 5.41) is 9.17. The number of rotatable bonds is 8. The van der Waals surface area contributed by atoms with Gasteiger partial charge in [0.25, 0.3) is 0 Å². The summed E-state index contributed by atoms with van der Waals surface area (Å²) in [6.45, 7) is 1.92. The molecule has 0 bridgehead atoms. The third kappa shape index (κ3) is 6.73. The van der Waals surface area contributed by atoms with Gasteiger partial charge in [-0.2, -0.15) is 0 Å². The molecule has 0 saturated carbocycles. The molecular weight excluding hydrogens is 318 g/mol. The third-order valence-electron chi connectivity index (χ3n) is 3.17. The van der Waals surface area contributed by atoms with Crippen molar-refractivity contribution in [1.82, 2.24) is 4.90 Å². The summed E-state index contributed by atoms with van der Waals surface area (Å²) in [5.74, 6) is -0.510. The van der Waals surface area contributed by atoms with E-state index >= 15 is 0 Å². The van der Waals surface area contributed by atoms with Crippen LogP contribution in [-0.4, -0.2) is 46.0 Å². The Morgan fingerprint density at radius 2 is 1.91 bits per heavy atom. The van der Waals surface area contributed by atoms with Crippen LogP contribution < -0.4 is 0 Å². The number of carboxylic acid groups (broad SMARTS) is 1. The molecule has 1 atom stereocenters.